The van der Waals surface area contributed by atoms with Crippen molar-refractivity contribution in [2.75, 3.05) is 0 Å². The Balaban J connectivity index is 0.00000208. The van der Waals surface area contributed by atoms with E-state index in [2.05, 4.69) is 10.3 Å². The maximum atomic E-state index is 12.9. The molecular weight excluding hydrogens is 335 g/mol. The molecule has 1 aromatic heterocycles. The topological polar surface area (TPSA) is 79.3 Å². The molecule has 126 valence electrons. The molecule has 0 aliphatic carbocycles. The van der Waals surface area contributed by atoms with Crippen molar-refractivity contribution in [2.45, 2.75) is 24.8 Å². The maximum Gasteiger partial charge on any atom is 0.329 e. The highest BCUT2D eigenvalue weighted by Crippen LogP contribution is 2.26. The number of hydrogen-bond acceptors (Lipinski definition) is 3. The van der Waals surface area contributed by atoms with Crippen LogP contribution in [0.25, 0.3) is 11.3 Å². The van der Waals surface area contributed by atoms with E-state index in [-0.39, 0.29) is 37.6 Å². The molecule has 1 atom stereocenters. The minimum absolute atomic E-state index is 0. The SMILES string of the molecule is Cl.O=C1CCC(Cc2ccc(-c3ccc(F)cn3)cc2)(C(=O)O)N1. The van der Waals surface area contributed by atoms with Crippen LogP contribution in [-0.4, -0.2) is 27.5 Å². The Bertz CT molecular complexity index is 749. The average Bonchev–Trinajstić information content (AvgIpc) is 2.91. The lowest BCUT2D eigenvalue weighted by Gasteiger charge is -2.24. The van der Waals surface area contributed by atoms with Gasteiger partial charge in [0.2, 0.25) is 5.91 Å². The van der Waals surface area contributed by atoms with E-state index in [0.717, 1.165) is 17.3 Å². The quantitative estimate of drug-likeness (QED) is 0.888. The van der Waals surface area contributed by atoms with E-state index in [4.69, 9.17) is 0 Å². The first-order valence-corrected chi connectivity index (χ1v) is 7.24. The summed E-state index contributed by atoms with van der Waals surface area (Å²) in [5, 5.41) is 12.0. The van der Waals surface area contributed by atoms with E-state index in [1.165, 1.54) is 6.07 Å². The van der Waals surface area contributed by atoms with E-state index in [9.17, 15) is 19.1 Å². The highest BCUT2D eigenvalue weighted by Gasteiger charge is 2.44. The lowest BCUT2D eigenvalue weighted by Crippen LogP contribution is -2.50. The molecule has 7 heteroatoms. The number of pyridine rings is 1. The van der Waals surface area contributed by atoms with Gasteiger partial charge in [0.15, 0.2) is 0 Å². The van der Waals surface area contributed by atoms with Crippen LogP contribution in [0.15, 0.2) is 42.6 Å². The first-order valence-electron chi connectivity index (χ1n) is 7.24. The van der Waals surface area contributed by atoms with Crippen LogP contribution in [-0.2, 0) is 16.0 Å². The molecule has 1 aromatic carbocycles. The van der Waals surface area contributed by atoms with Gasteiger partial charge in [-0.15, -0.1) is 12.4 Å². The molecule has 0 saturated carbocycles. The van der Waals surface area contributed by atoms with Gasteiger partial charge in [-0.2, -0.15) is 0 Å². The molecule has 3 rings (SSSR count). The Hall–Kier alpha value is -2.47. The summed E-state index contributed by atoms with van der Waals surface area (Å²) in [5.74, 6) is -1.65. The molecule has 0 spiro atoms. The molecule has 1 saturated heterocycles. The molecule has 1 amide bonds. The molecule has 2 heterocycles. The Morgan fingerprint density at radius 2 is 1.96 bits per heavy atom. The zero-order chi connectivity index (χ0) is 16.4. The van der Waals surface area contributed by atoms with Crippen molar-refractivity contribution >= 4 is 24.3 Å². The molecule has 1 unspecified atom stereocenters. The molecule has 2 aromatic rings. The van der Waals surface area contributed by atoms with Crippen molar-refractivity contribution in [2.24, 2.45) is 0 Å². The number of nitrogens with one attached hydrogen (secondary N) is 1. The van der Waals surface area contributed by atoms with Crippen LogP contribution in [0.2, 0.25) is 0 Å². The summed E-state index contributed by atoms with van der Waals surface area (Å²) in [6.07, 6.45) is 1.88. The number of hydrogen-bond donors (Lipinski definition) is 2. The second kappa shape index (κ2) is 6.97. The Morgan fingerprint density at radius 1 is 1.25 bits per heavy atom. The molecule has 5 nitrogen and oxygen atoms in total. The van der Waals surface area contributed by atoms with E-state index in [0.29, 0.717) is 5.69 Å². The third-order valence-corrected chi connectivity index (χ3v) is 4.05. The number of rotatable bonds is 4. The predicted molar refractivity (Wildman–Crippen MR) is 88.3 cm³/mol. The van der Waals surface area contributed by atoms with Gasteiger partial charge in [-0.25, -0.2) is 9.18 Å². The van der Waals surface area contributed by atoms with Crippen LogP contribution in [0.5, 0.6) is 0 Å². The summed E-state index contributed by atoms with van der Waals surface area (Å²) >= 11 is 0. The normalized spacial score (nSPS) is 19.5. The van der Waals surface area contributed by atoms with Crippen molar-refractivity contribution in [1.29, 1.82) is 0 Å². The largest absolute Gasteiger partial charge is 0.479 e. The zero-order valence-electron chi connectivity index (χ0n) is 12.7. The number of carboxylic acid groups (broad SMARTS) is 1. The Labute approximate surface area is 144 Å². The van der Waals surface area contributed by atoms with Crippen LogP contribution in [0.3, 0.4) is 0 Å². The monoisotopic (exact) mass is 350 g/mol. The summed E-state index contributed by atoms with van der Waals surface area (Å²) in [4.78, 5) is 26.9. The minimum Gasteiger partial charge on any atom is -0.479 e. The van der Waals surface area contributed by atoms with Gasteiger partial charge < -0.3 is 10.4 Å². The minimum atomic E-state index is -1.23. The number of carbonyl (C=O) groups is 2. The van der Waals surface area contributed by atoms with Gasteiger partial charge in [0, 0.05) is 18.4 Å². The summed E-state index contributed by atoms with van der Waals surface area (Å²) in [6.45, 7) is 0. The van der Waals surface area contributed by atoms with Crippen molar-refractivity contribution in [1.82, 2.24) is 10.3 Å². The van der Waals surface area contributed by atoms with Gasteiger partial charge >= 0.3 is 5.97 Å². The molecule has 1 fully saturated rings. The molecule has 24 heavy (non-hydrogen) atoms. The second-order valence-electron chi connectivity index (χ2n) is 5.67. The zero-order valence-corrected chi connectivity index (χ0v) is 13.5. The summed E-state index contributed by atoms with van der Waals surface area (Å²) in [5.41, 5.74) is 1.03. The predicted octanol–water partition coefficient (Wildman–Crippen LogP) is 2.59. The Morgan fingerprint density at radius 3 is 2.46 bits per heavy atom. The fourth-order valence-electron chi connectivity index (χ4n) is 2.78. The molecule has 1 aliphatic heterocycles. The summed E-state index contributed by atoms with van der Waals surface area (Å²) in [6, 6.07) is 10.1. The third kappa shape index (κ3) is 3.54. The van der Waals surface area contributed by atoms with Gasteiger partial charge in [0.1, 0.15) is 11.4 Å². The number of halogens is 2. The summed E-state index contributed by atoms with van der Waals surface area (Å²) < 4.78 is 12.9. The average molecular weight is 351 g/mol. The van der Waals surface area contributed by atoms with Crippen LogP contribution in [0.1, 0.15) is 18.4 Å². The molecule has 0 radical (unpaired) electrons. The van der Waals surface area contributed by atoms with Crippen molar-refractivity contribution in [3.05, 3.63) is 54.0 Å². The number of aromatic nitrogens is 1. The Kier molecular flexibility index (Phi) is 5.19. The van der Waals surface area contributed by atoms with Gasteiger partial charge in [-0.05, 0) is 24.1 Å². The number of carbonyl (C=O) groups excluding carboxylic acids is 1. The number of carboxylic acids is 1. The lowest BCUT2D eigenvalue weighted by molar-refractivity contribution is -0.145. The van der Waals surface area contributed by atoms with Gasteiger partial charge in [0.05, 0.1) is 11.9 Å². The van der Waals surface area contributed by atoms with Gasteiger partial charge in [-0.3, -0.25) is 9.78 Å². The number of amides is 1. The number of benzene rings is 1. The smallest absolute Gasteiger partial charge is 0.329 e. The lowest BCUT2D eigenvalue weighted by atomic mass is 9.89. The van der Waals surface area contributed by atoms with Crippen LogP contribution < -0.4 is 5.32 Å². The molecule has 2 N–H and O–H groups in total. The number of aliphatic carboxylic acids is 1. The highest BCUT2D eigenvalue weighted by molar-refractivity contribution is 5.91. The molecule has 0 bridgehead atoms. The van der Waals surface area contributed by atoms with Crippen LogP contribution >= 0.6 is 12.4 Å². The first-order chi connectivity index (χ1) is 11.0. The van der Waals surface area contributed by atoms with Crippen molar-refractivity contribution in [3.63, 3.8) is 0 Å². The third-order valence-electron chi connectivity index (χ3n) is 4.05. The maximum absolute atomic E-state index is 12.9. The van der Waals surface area contributed by atoms with E-state index < -0.39 is 17.3 Å². The van der Waals surface area contributed by atoms with E-state index in [1.54, 1.807) is 18.2 Å². The van der Waals surface area contributed by atoms with Crippen molar-refractivity contribution in [3.8, 4) is 11.3 Å². The second-order valence-corrected chi connectivity index (χ2v) is 5.67. The van der Waals surface area contributed by atoms with E-state index >= 15 is 0 Å². The van der Waals surface area contributed by atoms with E-state index in [1.807, 2.05) is 12.1 Å². The standard InChI is InChI=1S/C17H15FN2O3.ClH/c18-13-5-6-14(19-10-13)12-3-1-11(2-4-12)9-17(16(22)23)8-7-15(21)20-17;/h1-6,10H,7-9H2,(H,20,21)(H,22,23);1H. The van der Waals surface area contributed by atoms with Crippen LogP contribution in [0.4, 0.5) is 4.39 Å². The molecular formula is C17H16ClFN2O3. The number of nitrogens with zero attached hydrogens (tertiary/aromatic N) is 1. The highest BCUT2D eigenvalue weighted by atomic mass is 35.5. The molecule has 1 aliphatic rings. The van der Waals surface area contributed by atoms with Gasteiger partial charge in [0.25, 0.3) is 0 Å². The summed E-state index contributed by atoms with van der Waals surface area (Å²) in [7, 11) is 0. The fourth-order valence-corrected chi connectivity index (χ4v) is 2.78. The van der Waals surface area contributed by atoms with Crippen LogP contribution in [0, 0.1) is 5.82 Å². The fraction of sp³-hybridized carbons (Fsp3) is 0.235. The van der Waals surface area contributed by atoms with Gasteiger partial charge in [-0.1, -0.05) is 24.3 Å². The first kappa shape index (κ1) is 17.9. The van der Waals surface area contributed by atoms with Crippen molar-refractivity contribution < 1.29 is 19.1 Å².